The van der Waals surface area contributed by atoms with Crippen molar-refractivity contribution >= 4 is 18.1 Å². The lowest BCUT2D eigenvalue weighted by atomic mass is 10.1. The van der Waals surface area contributed by atoms with Gasteiger partial charge >= 0.3 is 0 Å². The molecule has 1 aromatic heterocycles. The minimum absolute atomic E-state index is 0.0457. The Labute approximate surface area is 155 Å². The van der Waals surface area contributed by atoms with Gasteiger partial charge in [-0.15, -0.1) is 0 Å². The van der Waals surface area contributed by atoms with Crippen LogP contribution in [0.5, 0.6) is 0 Å². The Balaban J connectivity index is 1.75. The van der Waals surface area contributed by atoms with Crippen molar-refractivity contribution < 1.29 is 9.18 Å². The van der Waals surface area contributed by atoms with Gasteiger partial charge in [-0.05, 0) is 43.8 Å². The van der Waals surface area contributed by atoms with Crippen molar-refractivity contribution in [2.24, 2.45) is 0 Å². The second kappa shape index (κ2) is 7.61. The lowest BCUT2D eigenvalue weighted by Crippen LogP contribution is -2.30. The van der Waals surface area contributed by atoms with Crippen LogP contribution in [-0.4, -0.2) is 20.7 Å². The molecule has 0 spiro atoms. The predicted octanol–water partition coefficient (Wildman–Crippen LogP) is 3.93. The second-order valence-electron chi connectivity index (χ2n) is 6.15. The molecule has 0 aliphatic heterocycles. The van der Waals surface area contributed by atoms with Crippen molar-refractivity contribution in [2.75, 3.05) is 0 Å². The van der Waals surface area contributed by atoms with E-state index < -0.39 is 0 Å². The third-order valence-electron chi connectivity index (χ3n) is 4.12. The normalized spacial score (nSPS) is 12.0. The first-order valence-corrected chi connectivity index (χ1v) is 8.62. The second-order valence-corrected chi connectivity index (χ2v) is 6.53. The van der Waals surface area contributed by atoms with Crippen LogP contribution < -0.4 is 5.32 Å². The molecule has 26 heavy (non-hydrogen) atoms. The van der Waals surface area contributed by atoms with E-state index in [0.29, 0.717) is 10.6 Å². The molecule has 3 aromatic rings. The highest BCUT2D eigenvalue weighted by Gasteiger charge is 2.14. The van der Waals surface area contributed by atoms with Crippen molar-refractivity contribution in [1.82, 2.24) is 20.1 Å². The molecule has 0 saturated carbocycles. The van der Waals surface area contributed by atoms with E-state index in [1.807, 2.05) is 38.1 Å². The third kappa shape index (κ3) is 4.05. The molecule has 0 radical (unpaired) electrons. The molecular formula is C19H19FN4OS. The van der Waals surface area contributed by atoms with E-state index in [9.17, 15) is 9.18 Å². The predicted molar refractivity (Wildman–Crippen MR) is 101 cm³/mol. The first-order valence-electron chi connectivity index (χ1n) is 8.21. The molecular weight excluding hydrogens is 351 g/mol. The summed E-state index contributed by atoms with van der Waals surface area (Å²) in [6.45, 7) is 3.90. The van der Waals surface area contributed by atoms with Crippen molar-refractivity contribution in [3.8, 4) is 11.4 Å². The minimum atomic E-state index is -0.306. The number of aromatic nitrogens is 3. The number of aryl methyl sites for hydroxylation is 1. The average Bonchev–Trinajstić information content (AvgIpc) is 2.97. The summed E-state index contributed by atoms with van der Waals surface area (Å²) in [6, 6.07) is 13.7. The van der Waals surface area contributed by atoms with Gasteiger partial charge in [0, 0.05) is 5.56 Å². The lowest BCUT2D eigenvalue weighted by Gasteiger charge is -2.15. The molecule has 3 rings (SSSR count). The highest BCUT2D eigenvalue weighted by atomic mass is 32.1. The molecule has 0 fully saturated rings. The molecule has 0 aliphatic carbocycles. The van der Waals surface area contributed by atoms with Crippen molar-refractivity contribution in [1.29, 1.82) is 0 Å². The van der Waals surface area contributed by atoms with Gasteiger partial charge in [0.05, 0.1) is 6.04 Å². The van der Waals surface area contributed by atoms with Crippen LogP contribution in [0.3, 0.4) is 0 Å². The molecule has 2 N–H and O–H groups in total. The molecule has 1 atom stereocenters. The van der Waals surface area contributed by atoms with E-state index in [0.717, 1.165) is 16.7 Å². The number of hydrogen-bond acceptors (Lipinski definition) is 3. The standard InChI is InChI=1S/C19H19FN4OS/c1-12-3-5-15(6-4-12)18-22-23-19(26)24(18)11-17(25)21-13(2)14-7-9-16(20)10-8-14/h3-10,13H,11H2,1-2H3,(H,21,25)(H,23,26). The molecule has 1 amide bonds. The zero-order chi connectivity index (χ0) is 18.7. The maximum Gasteiger partial charge on any atom is 0.240 e. The zero-order valence-electron chi connectivity index (χ0n) is 14.5. The fourth-order valence-corrected chi connectivity index (χ4v) is 2.85. The number of aromatic amines is 1. The number of amides is 1. The summed E-state index contributed by atoms with van der Waals surface area (Å²) in [5.41, 5.74) is 2.84. The van der Waals surface area contributed by atoms with Crippen molar-refractivity contribution in [2.45, 2.75) is 26.4 Å². The number of hydrogen-bond donors (Lipinski definition) is 2. The van der Waals surface area contributed by atoms with Gasteiger partial charge in [-0.1, -0.05) is 42.0 Å². The first-order chi connectivity index (χ1) is 12.4. The molecule has 0 aliphatic rings. The maximum absolute atomic E-state index is 13.0. The molecule has 1 heterocycles. The Hall–Kier alpha value is -2.80. The monoisotopic (exact) mass is 370 g/mol. The molecule has 2 aromatic carbocycles. The Morgan fingerprint density at radius 1 is 1.23 bits per heavy atom. The molecule has 5 nitrogen and oxygen atoms in total. The number of halogens is 1. The summed E-state index contributed by atoms with van der Waals surface area (Å²) in [5.74, 6) is 0.104. The van der Waals surface area contributed by atoms with Crippen LogP contribution in [0.15, 0.2) is 48.5 Å². The minimum Gasteiger partial charge on any atom is -0.348 e. The third-order valence-corrected chi connectivity index (χ3v) is 4.43. The van der Waals surface area contributed by atoms with Crippen LogP contribution in [0.1, 0.15) is 24.1 Å². The zero-order valence-corrected chi connectivity index (χ0v) is 15.3. The SMILES string of the molecule is Cc1ccc(-c2n[nH]c(=S)n2CC(=O)NC(C)c2ccc(F)cc2)cc1. The van der Waals surface area contributed by atoms with Gasteiger partial charge < -0.3 is 5.32 Å². The number of nitrogens with one attached hydrogen (secondary N) is 2. The molecule has 0 bridgehead atoms. The molecule has 0 saturated heterocycles. The lowest BCUT2D eigenvalue weighted by molar-refractivity contribution is -0.122. The number of nitrogens with zero attached hydrogens (tertiary/aromatic N) is 2. The maximum atomic E-state index is 13.0. The summed E-state index contributed by atoms with van der Waals surface area (Å²) < 4.78 is 15.1. The molecule has 1 unspecified atom stereocenters. The fourth-order valence-electron chi connectivity index (χ4n) is 2.65. The Morgan fingerprint density at radius 2 is 1.88 bits per heavy atom. The van der Waals surface area contributed by atoms with E-state index in [2.05, 4.69) is 15.5 Å². The summed E-state index contributed by atoms with van der Waals surface area (Å²) in [6.07, 6.45) is 0. The van der Waals surface area contributed by atoms with Crippen LogP contribution >= 0.6 is 12.2 Å². The van der Waals surface area contributed by atoms with Gasteiger partial charge in [0.15, 0.2) is 10.6 Å². The number of carbonyl (C=O) groups excluding carboxylic acids is 1. The van der Waals surface area contributed by atoms with Gasteiger partial charge in [-0.25, -0.2) is 4.39 Å². The summed E-state index contributed by atoms with van der Waals surface area (Å²) in [5, 5.41) is 9.88. The largest absolute Gasteiger partial charge is 0.348 e. The van der Waals surface area contributed by atoms with Gasteiger partial charge in [-0.3, -0.25) is 14.5 Å². The summed E-state index contributed by atoms with van der Waals surface area (Å²) in [4.78, 5) is 12.5. The van der Waals surface area contributed by atoms with Crippen LogP contribution in [-0.2, 0) is 11.3 Å². The summed E-state index contributed by atoms with van der Waals surface area (Å²) in [7, 11) is 0. The quantitative estimate of drug-likeness (QED) is 0.669. The van der Waals surface area contributed by atoms with Gasteiger partial charge in [0.25, 0.3) is 0 Å². The van der Waals surface area contributed by atoms with Gasteiger partial charge in [-0.2, -0.15) is 5.10 Å². The van der Waals surface area contributed by atoms with E-state index in [-0.39, 0.29) is 24.3 Å². The molecule has 7 heteroatoms. The Bertz CT molecular complexity index is 960. The molecule has 134 valence electrons. The Kier molecular flexibility index (Phi) is 5.27. The van der Waals surface area contributed by atoms with E-state index >= 15 is 0 Å². The van der Waals surface area contributed by atoms with E-state index in [1.54, 1.807) is 16.7 Å². The number of rotatable bonds is 5. The summed E-state index contributed by atoms with van der Waals surface area (Å²) >= 11 is 5.26. The van der Waals surface area contributed by atoms with Crippen LogP contribution in [0, 0.1) is 17.5 Å². The van der Waals surface area contributed by atoms with Crippen molar-refractivity contribution in [3.05, 3.63) is 70.2 Å². The fraction of sp³-hybridized carbons (Fsp3) is 0.211. The van der Waals surface area contributed by atoms with Crippen LogP contribution in [0.25, 0.3) is 11.4 Å². The average molecular weight is 370 g/mol. The first kappa shape index (κ1) is 18.0. The Morgan fingerprint density at radius 3 is 2.54 bits per heavy atom. The number of carbonyl (C=O) groups is 1. The smallest absolute Gasteiger partial charge is 0.240 e. The van der Waals surface area contributed by atoms with Gasteiger partial charge in [0.1, 0.15) is 12.4 Å². The van der Waals surface area contributed by atoms with E-state index in [4.69, 9.17) is 12.2 Å². The van der Waals surface area contributed by atoms with Crippen molar-refractivity contribution in [3.63, 3.8) is 0 Å². The van der Waals surface area contributed by atoms with Gasteiger partial charge in [0.2, 0.25) is 5.91 Å². The van der Waals surface area contributed by atoms with Crippen LogP contribution in [0.4, 0.5) is 4.39 Å². The number of benzene rings is 2. The number of H-pyrrole nitrogens is 1. The highest BCUT2D eigenvalue weighted by molar-refractivity contribution is 7.71. The van der Waals surface area contributed by atoms with E-state index in [1.165, 1.54) is 12.1 Å². The highest BCUT2D eigenvalue weighted by Crippen LogP contribution is 2.18. The topological polar surface area (TPSA) is 62.7 Å². The van der Waals surface area contributed by atoms with Crippen LogP contribution in [0.2, 0.25) is 0 Å².